The zero-order valence-corrected chi connectivity index (χ0v) is 23.1. The lowest BCUT2D eigenvalue weighted by molar-refractivity contribution is -0.121. The molecule has 1 aromatic heterocycles. The number of fused-ring (bicyclic) bond motifs is 1. The Morgan fingerprint density at radius 3 is 2.34 bits per heavy atom. The summed E-state index contributed by atoms with van der Waals surface area (Å²) in [4.78, 5) is 31.2. The topological polar surface area (TPSA) is 103 Å². The molecular formula is C29H34N2O6S. The Morgan fingerprint density at radius 2 is 1.68 bits per heavy atom. The fourth-order valence-electron chi connectivity index (χ4n) is 4.52. The number of carbonyl (C=O) groups is 2. The number of pyridine rings is 1. The highest BCUT2D eigenvalue weighted by atomic mass is 32.2. The molecule has 4 rings (SSSR count). The summed E-state index contributed by atoms with van der Waals surface area (Å²) in [5, 5.41) is 1.01. The molecule has 1 amide bonds. The van der Waals surface area contributed by atoms with E-state index in [-0.39, 0.29) is 10.7 Å². The third-order valence-electron chi connectivity index (χ3n) is 6.44. The van der Waals surface area contributed by atoms with Crippen molar-refractivity contribution >= 4 is 32.6 Å². The van der Waals surface area contributed by atoms with E-state index in [1.807, 2.05) is 37.3 Å². The summed E-state index contributed by atoms with van der Waals surface area (Å²) in [6.07, 6.45) is 0.429. The number of aryl methyl sites for hydroxylation is 1. The summed E-state index contributed by atoms with van der Waals surface area (Å²) in [5.41, 5.74) is 2.19. The van der Waals surface area contributed by atoms with Gasteiger partial charge in [0.15, 0.2) is 15.6 Å². The number of piperidine rings is 1. The van der Waals surface area contributed by atoms with E-state index in [0.29, 0.717) is 38.3 Å². The third kappa shape index (κ3) is 6.89. The summed E-state index contributed by atoms with van der Waals surface area (Å²) in [6.45, 7) is 8.38. The molecule has 0 saturated carbocycles. The van der Waals surface area contributed by atoms with E-state index in [1.165, 1.54) is 12.1 Å². The van der Waals surface area contributed by atoms with Crippen LogP contribution in [0.1, 0.15) is 44.9 Å². The lowest BCUT2D eigenvalue weighted by Gasteiger charge is -2.32. The van der Waals surface area contributed by atoms with E-state index in [1.54, 1.807) is 37.8 Å². The summed E-state index contributed by atoms with van der Waals surface area (Å²) < 4.78 is 37.2. The molecule has 2 heterocycles. The number of hydrogen-bond acceptors (Lipinski definition) is 7. The Hall–Kier alpha value is -3.46. The molecule has 0 radical (unpaired) electrons. The van der Waals surface area contributed by atoms with Gasteiger partial charge in [-0.25, -0.2) is 13.2 Å². The largest absolute Gasteiger partial charge is 0.489 e. The second-order valence-corrected chi connectivity index (χ2v) is 12.7. The Morgan fingerprint density at radius 1 is 1.03 bits per heavy atom. The number of carbonyl (C=O) groups excluding carboxylic acids is 2. The van der Waals surface area contributed by atoms with Gasteiger partial charge in [0.25, 0.3) is 0 Å². The summed E-state index contributed by atoms with van der Waals surface area (Å²) in [6, 6.07) is 16.0. The molecular weight excluding hydrogens is 504 g/mol. The minimum Gasteiger partial charge on any atom is -0.489 e. The molecule has 1 aliphatic heterocycles. The highest BCUT2D eigenvalue weighted by Crippen LogP contribution is 2.25. The maximum Gasteiger partial charge on any atom is 0.410 e. The molecule has 9 heteroatoms. The van der Waals surface area contributed by atoms with Gasteiger partial charge in [-0.3, -0.25) is 9.78 Å². The molecule has 0 atom stereocenters. The van der Waals surface area contributed by atoms with Gasteiger partial charge >= 0.3 is 6.09 Å². The quantitative estimate of drug-likeness (QED) is 0.412. The number of rotatable bonds is 7. The monoisotopic (exact) mass is 538 g/mol. The Labute approximate surface area is 223 Å². The van der Waals surface area contributed by atoms with Gasteiger partial charge in [0.1, 0.15) is 23.7 Å². The molecule has 0 aliphatic carbocycles. The van der Waals surface area contributed by atoms with Crippen molar-refractivity contribution in [1.82, 2.24) is 9.88 Å². The van der Waals surface area contributed by atoms with Crippen molar-refractivity contribution in [2.24, 2.45) is 5.92 Å². The molecule has 1 saturated heterocycles. The molecule has 38 heavy (non-hydrogen) atoms. The van der Waals surface area contributed by atoms with Crippen molar-refractivity contribution in [3.8, 4) is 5.75 Å². The number of nitrogens with zero attached hydrogens (tertiary/aromatic N) is 2. The first kappa shape index (κ1) is 27.6. The van der Waals surface area contributed by atoms with Gasteiger partial charge in [-0.05, 0) is 76.9 Å². The van der Waals surface area contributed by atoms with Crippen LogP contribution in [0, 0.1) is 12.8 Å². The second kappa shape index (κ2) is 11.1. The number of ketones is 1. The number of Topliss-reactive ketones (excluding diaryl/α,β-unsaturated/α-hetero) is 1. The lowest BCUT2D eigenvalue weighted by Crippen LogP contribution is -2.43. The molecule has 2 aromatic carbocycles. The minimum atomic E-state index is -3.80. The number of ether oxygens (including phenoxy) is 2. The highest BCUT2D eigenvalue weighted by molar-refractivity contribution is 7.92. The Kier molecular flexibility index (Phi) is 8.06. The summed E-state index contributed by atoms with van der Waals surface area (Å²) >= 11 is 0. The van der Waals surface area contributed by atoms with Crippen molar-refractivity contribution in [1.29, 1.82) is 0 Å². The zero-order valence-electron chi connectivity index (χ0n) is 22.3. The molecule has 1 fully saturated rings. The van der Waals surface area contributed by atoms with E-state index in [0.717, 1.165) is 22.2 Å². The molecule has 0 bridgehead atoms. The van der Waals surface area contributed by atoms with Gasteiger partial charge in [-0.1, -0.05) is 18.2 Å². The van der Waals surface area contributed by atoms with Crippen LogP contribution in [-0.4, -0.2) is 54.6 Å². The predicted octanol–water partition coefficient (Wildman–Crippen LogP) is 5.11. The average molecular weight is 539 g/mol. The van der Waals surface area contributed by atoms with Gasteiger partial charge in [0.05, 0.1) is 10.4 Å². The van der Waals surface area contributed by atoms with Crippen LogP contribution in [0.2, 0.25) is 0 Å². The number of aromatic nitrogens is 1. The lowest BCUT2D eigenvalue weighted by atomic mass is 9.93. The van der Waals surface area contributed by atoms with Crippen molar-refractivity contribution in [2.45, 2.75) is 57.6 Å². The van der Waals surface area contributed by atoms with Crippen LogP contribution in [0.5, 0.6) is 5.75 Å². The Balaban J connectivity index is 1.33. The maximum atomic E-state index is 12.9. The van der Waals surface area contributed by atoms with Gasteiger partial charge in [0, 0.05) is 35.7 Å². The molecule has 3 aromatic rings. The number of para-hydroxylation sites is 1. The number of likely N-dealkylation sites (tertiary alicyclic amines) is 1. The van der Waals surface area contributed by atoms with Crippen molar-refractivity contribution in [2.75, 3.05) is 18.8 Å². The zero-order chi connectivity index (χ0) is 27.5. The minimum absolute atomic E-state index is 0.0783. The van der Waals surface area contributed by atoms with E-state index in [4.69, 9.17) is 9.47 Å². The summed E-state index contributed by atoms with van der Waals surface area (Å²) in [7, 11) is -3.80. The highest BCUT2D eigenvalue weighted by Gasteiger charge is 2.32. The van der Waals surface area contributed by atoms with Crippen LogP contribution >= 0.6 is 0 Å². The molecule has 0 N–H and O–H groups in total. The average Bonchev–Trinajstić information content (AvgIpc) is 2.86. The first-order valence-corrected chi connectivity index (χ1v) is 14.4. The van der Waals surface area contributed by atoms with Crippen LogP contribution in [0.4, 0.5) is 4.79 Å². The van der Waals surface area contributed by atoms with Gasteiger partial charge in [-0.2, -0.15) is 0 Å². The van der Waals surface area contributed by atoms with E-state index in [9.17, 15) is 18.0 Å². The van der Waals surface area contributed by atoms with E-state index < -0.39 is 33.2 Å². The smallest absolute Gasteiger partial charge is 0.410 e. The standard InChI is InChI=1S/C29H34N2O6S/c1-20-17-22(25-7-5-6-8-26(25)30-20)18-36-23-9-11-24(12-10-23)38(34,35)19-27(32)21-13-15-31(16-14-21)28(33)37-29(2,3)4/h5-12,17,21H,13-16,18-19H2,1-4H3. The number of benzene rings is 2. The molecule has 1 aliphatic rings. The second-order valence-electron chi connectivity index (χ2n) is 10.7. The maximum absolute atomic E-state index is 12.9. The molecule has 0 unspecified atom stereocenters. The van der Waals surface area contributed by atoms with E-state index in [2.05, 4.69) is 4.98 Å². The molecule has 8 nitrogen and oxygen atoms in total. The predicted molar refractivity (Wildman–Crippen MR) is 145 cm³/mol. The summed E-state index contributed by atoms with van der Waals surface area (Å²) in [5.74, 6) is -0.755. The fraction of sp³-hybridized carbons (Fsp3) is 0.414. The van der Waals surface area contributed by atoms with Gasteiger partial charge in [-0.15, -0.1) is 0 Å². The van der Waals surface area contributed by atoms with Crippen LogP contribution in [0.25, 0.3) is 10.9 Å². The number of amides is 1. The van der Waals surface area contributed by atoms with E-state index >= 15 is 0 Å². The van der Waals surface area contributed by atoms with Gasteiger partial charge in [0.2, 0.25) is 0 Å². The Bertz CT molecular complexity index is 1420. The van der Waals surface area contributed by atoms with Gasteiger partial charge < -0.3 is 14.4 Å². The fourth-order valence-corrected chi connectivity index (χ4v) is 5.85. The third-order valence-corrected chi connectivity index (χ3v) is 8.10. The SMILES string of the molecule is Cc1cc(COc2ccc(S(=O)(=O)CC(=O)C3CCN(C(=O)OC(C)(C)C)CC3)cc2)c2ccccc2n1. The normalized spacial score (nSPS) is 14.9. The number of sulfone groups is 1. The van der Waals surface area contributed by atoms with Crippen molar-refractivity contribution < 1.29 is 27.5 Å². The van der Waals surface area contributed by atoms with Crippen LogP contribution in [0.3, 0.4) is 0 Å². The first-order valence-electron chi connectivity index (χ1n) is 12.7. The van der Waals surface area contributed by atoms with Crippen LogP contribution < -0.4 is 4.74 Å². The van der Waals surface area contributed by atoms with Crippen molar-refractivity contribution in [3.05, 3.63) is 65.9 Å². The first-order chi connectivity index (χ1) is 17.9. The molecule has 0 spiro atoms. The molecule has 202 valence electrons. The van der Waals surface area contributed by atoms with Crippen LogP contribution in [0.15, 0.2) is 59.5 Å². The number of hydrogen-bond donors (Lipinski definition) is 0. The van der Waals surface area contributed by atoms with Crippen molar-refractivity contribution in [3.63, 3.8) is 0 Å². The van der Waals surface area contributed by atoms with Crippen LogP contribution in [-0.2, 0) is 26.0 Å².